The topological polar surface area (TPSA) is 20.2 Å². The van der Waals surface area contributed by atoms with Crippen LogP contribution in [0.15, 0.2) is 0 Å². The van der Waals surface area contributed by atoms with Gasteiger partial charge in [0, 0.05) is 6.61 Å². The highest BCUT2D eigenvalue weighted by molar-refractivity contribution is 4.85. The lowest BCUT2D eigenvalue weighted by Crippen LogP contribution is -2.32. The third-order valence-electron chi connectivity index (χ3n) is 4.67. The van der Waals surface area contributed by atoms with E-state index in [0.717, 1.165) is 17.8 Å². The Balaban J connectivity index is 1.90. The van der Waals surface area contributed by atoms with Crippen molar-refractivity contribution in [2.75, 3.05) is 6.61 Å². The van der Waals surface area contributed by atoms with Gasteiger partial charge in [0.1, 0.15) is 0 Å². The first-order valence-corrected chi connectivity index (χ1v) is 6.44. The fraction of sp³-hybridized carbons (Fsp3) is 1.00. The summed E-state index contributed by atoms with van der Waals surface area (Å²) in [5, 5.41) is 9.20. The van der Waals surface area contributed by atoms with Gasteiger partial charge in [0.25, 0.3) is 0 Å². The number of aliphatic hydroxyl groups excluding tert-OH is 1. The molecular formula is C13H24O. The zero-order valence-electron chi connectivity index (χ0n) is 9.41. The highest BCUT2D eigenvalue weighted by atomic mass is 16.3. The summed E-state index contributed by atoms with van der Waals surface area (Å²) in [5.74, 6) is 3.60. The van der Waals surface area contributed by atoms with Crippen LogP contribution in [-0.4, -0.2) is 11.7 Å². The van der Waals surface area contributed by atoms with Crippen molar-refractivity contribution in [1.29, 1.82) is 0 Å². The van der Waals surface area contributed by atoms with Crippen molar-refractivity contribution in [2.24, 2.45) is 23.7 Å². The van der Waals surface area contributed by atoms with Crippen molar-refractivity contribution in [3.63, 3.8) is 0 Å². The van der Waals surface area contributed by atoms with Crippen molar-refractivity contribution in [3.8, 4) is 0 Å². The van der Waals surface area contributed by atoms with Crippen LogP contribution in [-0.2, 0) is 0 Å². The van der Waals surface area contributed by atoms with E-state index in [1.165, 1.54) is 44.9 Å². The maximum atomic E-state index is 9.20. The molecule has 82 valence electrons. The molecule has 2 saturated carbocycles. The minimum Gasteiger partial charge on any atom is -0.396 e. The maximum Gasteiger partial charge on any atom is 0.0459 e. The Morgan fingerprint density at radius 2 is 1.57 bits per heavy atom. The first-order valence-electron chi connectivity index (χ1n) is 6.44. The highest BCUT2D eigenvalue weighted by Crippen LogP contribution is 2.45. The van der Waals surface area contributed by atoms with E-state index in [1.54, 1.807) is 0 Å². The Bertz CT molecular complexity index is 160. The van der Waals surface area contributed by atoms with Gasteiger partial charge in [-0.2, -0.15) is 0 Å². The Hall–Kier alpha value is -0.0400. The molecule has 1 N–H and O–H groups in total. The summed E-state index contributed by atoms with van der Waals surface area (Å²) in [6.07, 6.45) is 9.77. The van der Waals surface area contributed by atoms with E-state index in [-0.39, 0.29) is 0 Å². The van der Waals surface area contributed by atoms with Crippen LogP contribution in [0.25, 0.3) is 0 Å². The van der Waals surface area contributed by atoms with Crippen molar-refractivity contribution >= 4 is 0 Å². The van der Waals surface area contributed by atoms with Crippen molar-refractivity contribution in [1.82, 2.24) is 0 Å². The fourth-order valence-electron chi connectivity index (χ4n) is 3.63. The van der Waals surface area contributed by atoms with Crippen LogP contribution in [0.4, 0.5) is 0 Å². The average molecular weight is 196 g/mol. The Morgan fingerprint density at radius 3 is 2.21 bits per heavy atom. The standard InChI is InChI=1S/C13H24O/c1-2-10-3-5-12-6-4-11(9-14)8-13(12)7-10/h10-14H,2-9H2,1H3/t10-,11-,12-,13-/m1/s1. The normalized spacial score (nSPS) is 43.3. The summed E-state index contributed by atoms with van der Waals surface area (Å²) in [6, 6.07) is 0. The van der Waals surface area contributed by atoms with Gasteiger partial charge in [-0.25, -0.2) is 0 Å². The van der Waals surface area contributed by atoms with Crippen molar-refractivity contribution < 1.29 is 5.11 Å². The van der Waals surface area contributed by atoms with E-state index in [2.05, 4.69) is 6.92 Å². The lowest BCUT2D eigenvalue weighted by Gasteiger charge is -2.41. The maximum absolute atomic E-state index is 9.20. The van der Waals surface area contributed by atoms with Gasteiger partial charge in [-0.1, -0.05) is 19.8 Å². The molecule has 0 unspecified atom stereocenters. The second kappa shape index (κ2) is 4.65. The van der Waals surface area contributed by atoms with E-state index >= 15 is 0 Å². The van der Waals surface area contributed by atoms with Crippen molar-refractivity contribution in [3.05, 3.63) is 0 Å². The highest BCUT2D eigenvalue weighted by Gasteiger charge is 2.34. The molecular weight excluding hydrogens is 172 g/mol. The first-order chi connectivity index (χ1) is 6.83. The molecule has 0 aromatic carbocycles. The lowest BCUT2D eigenvalue weighted by molar-refractivity contribution is 0.0705. The van der Waals surface area contributed by atoms with Crippen LogP contribution in [0, 0.1) is 23.7 Å². The second-order valence-electron chi connectivity index (χ2n) is 5.47. The van der Waals surface area contributed by atoms with E-state index in [9.17, 15) is 5.11 Å². The van der Waals surface area contributed by atoms with Gasteiger partial charge in [0.15, 0.2) is 0 Å². The lowest BCUT2D eigenvalue weighted by atomic mass is 9.64. The van der Waals surface area contributed by atoms with Crippen LogP contribution < -0.4 is 0 Å². The number of rotatable bonds is 2. The predicted molar refractivity (Wildman–Crippen MR) is 59.0 cm³/mol. The van der Waals surface area contributed by atoms with E-state index < -0.39 is 0 Å². The molecule has 0 spiro atoms. The molecule has 1 heteroatoms. The number of hydrogen-bond acceptors (Lipinski definition) is 1. The molecule has 0 aromatic heterocycles. The molecule has 1 nitrogen and oxygen atoms in total. The average Bonchev–Trinajstić information content (AvgIpc) is 2.27. The summed E-state index contributed by atoms with van der Waals surface area (Å²) < 4.78 is 0. The predicted octanol–water partition coefficient (Wildman–Crippen LogP) is 3.22. The molecule has 2 rings (SSSR count). The Morgan fingerprint density at radius 1 is 0.929 bits per heavy atom. The molecule has 2 aliphatic rings. The fourth-order valence-corrected chi connectivity index (χ4v) is 3.63. The number of fused-ring (bicyclic) bond motifs is 1. The number of aliphatic hydroxyl groups is 1. The molecule has 0 saturated heterocycles. The SMILES string of the molecule is CC[C@@H]1CC[C@@H]2CC[C@@H](CO)C[C@H]2C1. The molecule has 0 radical (unpaired) electrons. The minimum atomic E-state index is 0.431. The Kier molecular flexibility index (Phi) is 3.48. The van der Waals surface area contributed by atoms with E-state index in [1.807, 2.05) is 0 Å². The molecule has 0 bridgehead atoms. The summed E-state index contributed by atoms with van der Waals surface area (Å²) in [4.78, 5) is 0. The van der Waals surface area contributed by atoms with Gasteiger partial charge >= 0.3 is 0 Å². The monoisotopic (exact) mass is 196 g/mol. The van der Waals surface area contributed by atoms with Gasteiger partial charge in [0.2, 0.25) is 0 Å². The molecule has 2 aliphatic carbocycles. The zero-order chi connectivity index (χ0) is 9.97. The molecule has 4 atom stereocenters. The molecule has 14 heavy (non-hydrogen) atoms. The summed E-state index contributed by atoms with van der Waals surface area (Å²) >= 11 is 0. The second-order valence-corrected chi connectivity index (χ2v) is 5.47. The van der Waals surface area contributed by atoms with Crippen LogP contribution in [0.1, 0.15) is 51.9 Å². The summed E-state index contributed by atoms with van der Waals surface area (Å²) in [7, 11) is 0. The molecule has 0 amide bonds. The van der Waals surface area contributed by atoms with Crippen LogP contribution in [0.2, 0.25) is 0 Å². The summed E-state index contributed by atoms with van der Waals surface area (Å²) in [6.45, 7) is 2.76. The van der Waals surface area contributed by atoms with Gasteiger partial charge in [-0.15, -0.1) is 0 Å². The van der Waals surface area contributed by atoms with Gasteiger partial charge in [-0.3, -0.25) is 0 Å². The third kappa shape index (κ3) is 2.13. The first kappa shape index (κ1) is 10.5. The van der Waals surface area contributed by atoms with Gasteiger partial charge in [-0.05, 0) is 55.8 Å². The van der Waals surface area contributed by atoms with Gasteiger partial charge < -0.3 is 5.11 Å². The van der Waals surface area contributed by atoms with Crippen LogP contribution in [0.3, 0.4) is 0 Å². The van der Waals surface area contributed by atoms with Crippen molar-refractivity contribution in [2.45, 2.75) is 51.9 Å². The van der Waals surface area contributed by atoms with Crippen LogP contribution in [0.5, 0.6) is 0 Å². The van der Waals surface area contributed by atoms with Gasteiger partial charge in [0.05, 0.1) is 0 Å². The molecule has 0 aromatic rings. The Labute approximate surface area is 87.9 Å². The quantitative estimate of drug-likeness (QED) is 0.719. The molecule has 0 aliphatic heterocycles. The van der Waals surface area contributed by atoms with E-state index in [4.69, 9.17) is 0 Å². The molecule has 2 fully saturated rings. The molecule has 0 heterocycles. The minimum absolute atomic E-state index is 0.431. The largest absolute Gasteiger partial charge is 0.396 e. The third-order valence-corrected chi connectivity index (χ3v) is 4.67. The number of hydrogen-bond donors (Lipinski definition) is 1. The summed E-state index contributed by atoms with van der Waals surface area (Å²) in [5.41, 5.74) is 0. The van der Waals surface area contributed by atoms with Crippen LogP contribution >= 0.6 is 0 Å². The zero-order valence-corrected chi connectivity index (χ0v) is 9.41. The van der Waals surface area contributed by atoms with E-state index in [0.29, 0.717) is 12.5 Å². The smallest absolute Gasteiger partial charge is 0.0459 e.